The Bertz CT molecular complexity index is 2950. The third-order valence-electron chi connectivity index (χ3n) is 8.84. The summed E-state index contributed by atoms with van der Waals surface area (Å²) in [6, 6.07) is 20.0. The molecule has 4 N–H and O–H groups in total. The highest BCUT2D eigenvalue weighted by Crippen LogP contribution is 2.46. The first-order valence-corrected chi connectivity index (χ1v) is 17.6. The molecule has 8 bridgehead atoms. The topological polar surface area (TPSA) is 197 Å². The van der Waals surface area contributed by atoms with E-state index in [1.807, 2.05) is 48.5 Å². The highest BCUT2D eigenvalue weighted by molar-refractivity contribution is 6.53. The minimum atomic E-state index is -1.21. The predicted octanol–water partition coefficient (Wildman–Crippen LogP) is 7.79. The first kappa shape index (κ1) is 33.9. The van der Waals surface area contributed by atoms with Crippen molar-refractivity contribution in [2.24, 2.45) is 0 Å². The third kappa shape index (κ3) is 5.62. The van der Waals surface area contributed by atoms with E-state index in [0.29, 0.717) is 39.4 Å². The maximum atomic E-state index is 11.5. The SMILES string of the molecule is O=C(O)CC(CC(=O)O)Oc1ccc2c3nc4nc(nc5[nH]c(nc6n[n+](nc([nH]3)c2c1)-c1c(Cl)c(Cl)c(Cl)c(Cl)c1-6)c1ccccc51)-c1ccccc1-4. The van der Waals surface area contributed by atoms with Crippen molar-refractivity contribution in [3.63, 3.8) is 0 Å². The molecule has 0 amide bonds. The molecule has 0 aliphatic carbocycles. The summed E-state index contributed by atoms with van der Waals surface area (Å²) in [6.45, 7) is 0. The van der Waals surface area contributed by atoms with Gasteiger partial charge in [0.1, 0.15) is 39.4 Å². The smallest absolute Gasteiger partial charge is 0.307 e. The second-order valence-corrected chi connectivity index (χ2v) is 13.8. The largest absolute Gasteiger partial charge is 0.489 e. The number of carboxylic acids is 2. The normalized spacial score (nSPS) is 11.9. The fraction of sp³-hybridized carbons (Fsp3) is 0.0833. The Morgan fingerprint density at radius 3 is 1.78 bits per heavy atom. The summed E-state index contributed by atoms with van der Waals surface area (Å²) >= 11 is 26.8. The van der Waals surface area contributed by atoms with E-state index in [1.165, 1.54) is 4.80 Å². The van der Waals surface area contributed by atoms with Gasteiger partial charge in [0, 0.05) is 32.7 Å². The predicted molar refractivity (Wildman–Crippen MR) is 201 cm³/mol. The number of rotatable bonds is 6. The number of aromatic amines is 2. The zero-order chi connectivity index (χ0) is 37.4. The number of aliphatic carboxylic acids is 2. The molecule has 0 radical (unpaired) electrons. The van der Waals surface area contributed by atoms with Gasteiger partial charge in [-0.3, -0.25) is 9.59 Å². The van der Waals surface area contributed by atoms with Crippen LogP contribution in [-0.2, 0) is 9.59 Å². The number of hydrogen-bond donors (Lipinski definition) is 4. The first-order valence-electron chi connectivity index (χ1n) is 16.1. The zero-order valence-corrected chi connectivity index (χ0v) is 30.1. The van der Waals surface area contributed by atoms with Crippen molar-refractivity contribution in [1.29, 1.82) is 0 Å². The van der Waals surface area contributed by atoms with Gasteiger partial charge >= 0.3 is 17.6 Å². The highest BCUT2D eigenvalue weighted by atomic mass is 35.5. The van der Waals surface area contributed by atoms with E-state index < -0.39 is 30.9 Å². The fourth-order valence-electron chi connectivity index (χ4n) is 6.50. The summed E-state index contributed by atoms with van der Waals surface area (Å²) in [4.78, 5) is 50.5. The maximum Gasteiger partial charge on any atom is 0.307 e. The van der Waals surface area contributed by atoms with E-state index in [-0.39, 0.29) is 48.6 Å². The molecule has 14 nitrogen and oxygen atoms in total. The fourth-order valence-corrected chi connectivity index (χ4v) is 7.50. The van der Waals surface area contributed by atoms with Crippen LogP contribution in [0.25, 0.3) is 84.0 Å². The summed E-state index contributed by atoms with van der Waals surface area (Å²) < 4.78 is 5.89. The van der Waals surface area contributed by atoms with E-state index in [1.54, 1.807) is 18.2 Å². The van der Waals surface area contributed by atoms with Gasteiger partial charge in [0.2, 0.25) is 11.5 Å². The zero-order valence-electron chi connectivity index (χ0n) is 27.1. The first-order chi connectivity index (χ1) is 26.0. The van der Waals surface area contributed by atoms with Crippen LogP contribution in [0.2, 0.25) is 20.1 Å². The maximum absolute atomic E-state index is 11.5. The number of H-pyrrole nitrogens is 2. The van der Waals surface area contributed by atoms with E-state index in [2.05, 4.69) is 9.97 Å². The molecule has 0 unspecified atom stereocenters. The van der Waals surface area contributed by atoms with Crippen LogP contribution in [0, 0.1) is 0 Å². The molecule has 5 heterocycles. The van der Waals surface area contributed by atoms with Gasteiger partial charge in [0.05, 0.1) is 42.9 Å². The summed E-state index contributed by atoms with van der Waals surface area (Å²) in [5, 5.41) is 30.9. The van der Waals surface area contributed by atoms with Crippen molar-refractivity contribution >= 4 is 102 Å². The van der Waals surface area contributed by atoms with Crippen molar-refractivity contribution in [3.8, 4) is 45.6 Å². The number of carboxylic acid groups (broad SMARTS) is 2. The van der Waals surface area contributed by atoms with E-state index >= 15 is 0 Å². The van der Waals surface area contributed by atoms with Crippen molar-refractivity contribution in [2.75, 3.05) is 0 Å². The van der Waals surface area contributed by atoms with Crippen molar-refractivity contribution in [1.82, 2.24) is 40.1 Å². The molecular formula is C36H20Cl4N9O5+. The standard InChI is InChI=1S/C36H19Cl4N9O5/c37-25-24-29(28(40)27(39)26(25)38)49-47-35-21-11-14(54-15(12-22(50)51)13-23(52)53)9-10-20(21)34(45-35)44-32-17-6-2-1-5-16(17)30(42-32)41-31-18-7-3-4-8-19(18)33(43-31)46-36(24)48-49/h1-11,15H,12-13H2,(H3,41,42,43,44,45,46,47,48,50,51,52,53)/p+1. The Hall–Kier alpha value is -5.93. The van der Waals surface area contributed by atoms with Crippen molar-refractivity contribution < 1.29 is 29.3 Å². The van der Waals surface area contributed by atoms with Crippen molar-refractivity contribution in [3.05, 3.63) is 86.8 Å². The molecule has 3 aromatic heterocycles. The van der Waals surface area contributed by atoms with Gasteiger partial charge in [-0.2, -0.15) is 0 Å². The van der Waals surface area contributed by atoms with Crippen LogP contribution in [-0.4, -0.2) is 68.4 Å². The van der Waals surface area contributed by atoms with Gasteiger partial charge < -0.3 is 24.9 Å². The third-order valence-corrected chi connectivity index (χ3v) is 10.6. The molecule has 0 spiro atoms. The summed E-state index contributed by atoms with van der Waals surface area (Å²) in [5.74, 6) is -1.34. The summed E-state index contributed by atoms with van der Waals surface area (Å²) in [5.41, 5.74) is 3.42. The molecule has 7 aromatic rings. The Morgan fingerprint density at radius 2 is 1.17 bits per heavy atom. The lowest BCUT2D eigenvalue weighted by molar-refractivity contribution is -0.711. The minimum absolute atomic E-state index is 0.0000363. The molecule has 2 aliphatic heterocycles. The van der Waals surface area contributed by atoms with E-state index in [9.17, 15) is 19.8 Å². The molecule has 2 aliphatic rings. The van der Waals surface area contributed by atoms with Crippen LogP contribution in [0.5, 0.6) is 5.75 Å². The van der Waals surface area contributed by atoms with Crippen LogP contribution in [0.1, 0.15) is 12.8 Å². The van der Waals surface area contributed by atoms with Gasteiger partial charge in [0.25, 0.3) is 0 Å². The van der Waals surface area contributed by atoms with Crippen LogP contribution in [0.15, 0.2) is 66.7 Å². The molecule has 0 fully saturated rings. The van der Waals surface area contributed by atoms with Gasteiger partial charge in [0.15, 0.2) is 11.6 Å². The molecular weight excluding hydrogens is 780 g/mol. The Labute approximate surface area is 322 Å². The van der Waals surface area contributed by atoms with Crippen LogP contribution >= 0.6 is 46.4 Å². The second-order valence-electron chi connectivity index (χ2n) is 12.3. The van der Waals surface area contributed by atoms with Crippen LogP contribution in [0.3, 0.4) is 0 Å². The number of nitrogens with zero attached hydrogens (tertiary/aromatic N) is 7. The number of halogens is 4. The molecule has 18 heteroatoms. The van der Waals surface area contributed by atoms with Crippen LogP contribution < -0.4 is 9.53 Å². The summed E-state index contributed by atoms with van der Waals surface area (Å²) in [7, 11) is 0. The average Bonchev–Trinajstić information content (AvgIpc) is 3.88. The molecule has 0 saturated heterocycles. The number of ether oxygens (including phenoxy) is 1. The van der Waals surface area contributed by atoms with E-state index in [4.69, 9.17) is 81.3 Å². The average molecular weight is 800 g/mol. The highest BCUT2D eigenvalue weighted by Gasteiger charge is 2.38. The van der Waals surface area contributed by atoms with Gasteiger partial charge in [-0.05, 0) is 18.2 Å². The monoisotopic (exact) mass is 798 g/mol. The lowest BCUT2D eigenvalue weighted by Crippen LogP contribution is -2.36. The van der Waals surface area contributed by atoms with E-state index in [0.717, 1.165) is 21.9 Å². The van der Waals surface area contributed by atoms with Crippen molar-refractivity contribution in [2.45, 2.75) is 18.9 Å². The minimum Gasteiger partial charge on any atom is -0.489 e. The lowest BCUT2D eigenvalue weighted by atomic mass is 10.1. The second kappa shape index (κ2) is 12.9. The van der Waals surface area contributed by atoms with Gasteiger partial charge in [-0.1, -0.05) is 94.9 Å². The number of hydrogen-bond acceptors (Lipinski definition) is 9. The number of aromatic nitrogens is 9. The van der Waals surface area contributed by atoms with Crippen LogP contribution in [0.4, 0.5) is 0 Å². The number of carbonyl (C=O) groups is 2. The number of benzene rings is 4. The molecule has 266 valence electrons. The quantitative estimate of drug-likeness (QED) is 0.0728. The Morgan fingerprint density at radius 1 is 0.630 bits per heavy atom. The number of nitrogens with one attached hydrogen (secondary N) is 2. The Kier molecular flexibility index (Phi) is 8.08. The molecule has 9 rings (SSSR count). The molecule has 4 aromatic carbocycles. The molecule has 0 atom stereocenters. The summed E-state index contributed by atoms with van der Waals surface area (Å²) in [6.07, 6.45) is -2.23. The molecule has 54 heavy (non-hydrogen) atoms. The van der Waals surface area contributed by atoms with Gasteiger partial charge in [-0.15, -0.1) is 0 Å². The number of fused-ring (bicyclic) bond motifs is 20. The lowest BCUT2D eigenvalue weighted by Gasteiger charge is -2.15. The Balaban J connectivity index is 1.41. The van der Waals surface area contributed by atoms with Gasteiger partial charge in [-0.25, -0.2) is 19.9 Å². The molecule has 0 saturated carbocycles.